The Morgan fingerprint density at radius 3 is 2.39 bits per heavy atom. The second-order valence-corrected chi connectivity index (χ2v) is 5.12. The maximum atomic E-state index is 11.9. The van der Waals surface area contributed by atoms with E-state index in [1.807, 2.05) is 13.8 Å². The molecule has 18 heavy (non-hydrogen) atoms. The smallest absolute Gasteiger partial charge is 0.328 e. The minimum Gasteiger partial charge on any atom is -0.480 e. The van der Waals surface area contributed by atoms with Crippen molar-refractivity contribution in [2.45, 2.75) is 39.2 Å². The maximum Gasteiger partial charge on any atom is 0.328 e. The number of amides is 1. The third-order valence-corrected chi connectivity index (χ3v) is 2.70. The molecule has 100 valence electrons. The summed E-state index contributed by atoms with van der Waals surface area (Å²) in [7, 11) is 1.76. The highest BCUT2D eigenvalue weighted by atomic mass is 16.4. The lowest BCUT2D eigenvalue weighted by atomic mass is 10.1. The number of carboxylic acids is 1. The third kappa shape index (κ3) is 2.88. The zero-order valence-corrected chi connectivity index (χ0v) is 11.3. The summed E-state index contributed by atoms with van der Waals surface area (Å²) in [5.74, 6) is -1.32. The van der Waals surface area contributed by atoms with E-state index in [2.05, 4.69) is 10.4 Å². The number of hydrogen-bond acceptors (Lipinski definition) is 3. The van der Waals surface area contributed by atoms with Gasteiger partial charge in [-0.25, -0.2) is 4.79 Å². The number of aromatic nitrogens is 2. The Hall–Kier alpha value is -1.85. The number of hydrogen-bond donors (Lipinski definition) is 2. The molecule has 0 saturated heterocycles. The molecule has 0 radical (unpaired) electrons. The van der Waals surface area contributed by atoms with Gasteiger partial charge < -0.3 is 10.4 Å². The van der Waals surface area contributed by atoms with Crippen molar-refractivity contribution in [1.82, 2.24) is 15.1 Å². The second-order valence-electron chi connectivity index (χ2n) is 5.12. The first-order valence-corrected chi connectivity index (χ1v) is 5.75. The number of rotatable bonds is 4. The van der Waals surface area contributed by atoms with Crippen molar-refractivity contribution in [2.75, 3.05) is 0 Å². The van der Waals surface area contributed by atoms with Gasteiger partial charge in [0.05, 0.1) is 0 Å². The van der Waals surface area contributed by atoms with Gasteiger partial charge in [0.1, 0.15) is 11.2 Å². The van der Waals surface area contributed by atoms with Gasteiger partial charge in [0.25, 0.3) is 5.91 Å². The van der Waals surface area contributed by atoms with Crippen LogP contribution < -0.4 is 5.32 Å². The predicted octanol–water partition coefficient (Wildman–Crippen LogP) is 1.14. The fourth-order valence-corrected chi connectivity index (χ4v) is 1.53. The molecule has 1 heterocycles. The van der Waals surface area contributed by atoms with E-state index < -0.39 is 17.4 Å². The number of carboxylic acid groups (broad SMARTS) is 1. The lowest BCUT2D eigenvalue weighted by Crippen LogP contribution is -2.49. The average molecular weight is 253 g/mol. The van der Waals surface area contributed by atoms with E-state index in [4.69, 9.17) is 5.11 Å². The van der Waals surface area contributed by atoms with Gasteiger partial charge in [0, 0.05) is 12.7 Å². The van der Waals surface area contributed by atoms with Crippen molar-refractivity contribution in [2.24, 2.45) is 7.05 Å². The molecule has 0 unspecified atom stereocenters. The minimum absolute atomic E-state index is 0.232. The number of aryl methyl sites for hydroxylation is 1. The lowest BCUT2D eigenvalue weighted by Gasteiger charge is -2.20. The van der Waals surface area contributed by atoms with E-state index in [-0.39, 0.29) is 11.6 Å². The average Bonchev–Trinajstić information content (AvgIpc) is 2.59. The third-order valence-electron chi connectivity index (χ3n) is 2.70. The Bertz CT molecular complexity index is 475. The fraction of sp³-hybridized carbons (Fsp3) is 0.583. The van der Waals surface area contributed by atoms with Crippen LogP contribution in [0.2, 0.25) is 0 Å². The van der Waals surface area contributed by atoms with Crippen molar-refractivity contribution in [3.05, 3.63) is 17.5 Å². The van der Waals surface area contributed by atoms with E-state index in [0.717, 1.165) is 5.69 Å². The first-order chi connectivity index (χ1) is 8.15. The van der Waals surface area contributed by atoms with Crippen molar-refractivity contribution < 1.29 is 14.7 Å². The van der Waals surface area contributed by atoms with Crippen molar-refractivity contribution in [3.8, 4) is 0 Å². The van der Waals surface area contributed by atoms with Gasteiger partial charge in [-0.2, -0.15) is 5.10 Å². The molecule has 0 aliphatic heterocycles. The normalized spacial score (nSPS) is 11.7. The summed E-state index contributed by atoms with van der Waals surface area (Å²) in [5, 5.41) is 15.5. The first-order valence-electron chi connectivity index (χ1n) is 5.75. The molecular weight excluding hydrogens is 234 g/mol. The molecule has 0 aromatic carbocycles. The molecule has 1 aromatic heterocycles. The molecular formula is C12H19N3O3. The van der Waals surface area contributed by atoms with Crippen LogP contribution >= 0.6 is 0 Å². The topological polar surface area (TPSA) is 84.2 Å². The van der Waals surface area contributed by atoms with Crippen molar-refractivity contribution >= 4 is 11.9 Å². The van der Waals surface area contributed by atoms with Crippen molar-refractivity contribution in [3.63, 3.8) is 0 Å². The Morgan fingerprint density at radius 2 is 2.00 bits per heavy atom. The summed E-state index contributed by atoms with van der Waals surface area (Å²) < 4.78 is 1.63. The van der Waals surface area contributed by atoms with Gasteiger partial charge in [0.2, 0.25) is 0 Å². The molecule has 0 aliphatic rings. The number of nitrogens with one attached hydrogen (secondary N) is 1. The standard InChI is InChI=1S/C12H19N3O3/c1-7(2)9-6-8(14-15(9)5)10(16)13-12(3,4)11(17)18/h6-7H,1-5H3,(H,13,16)(H,17,18). The van der Waals surface area contributed by atoms with Crippen LogP contribution in [0.15, 0.2) is 6.07 Å². The van der Waals surface area contributed by atoms with Gasteiger partial charge >= 0.3 is 5.97 Å². The summed E-state index contributed by atoms with van der Waals surface area (Å²) in [6.45, 7) is 6.86. The molecule has 2 N–H and O–H groups in total. The molecule has 0 atom stereocenters. The van der Waals surface area contributed by atoms with Gasteiger partial charge in [-0.1, -0.05) is 13.8 Å². The minimum atomic E-state index is -1.31. The van der Waals surface area contributed by atoms with Crippen LogP contribution in [0.4, 0.5) is 0 Å². The van der Waals surface area contributed by atoms with E-state index in [9.17, 15) is 9.59 Å². The summed E-state index contributed by atoms with van der Waals surface area (Å²) in [4.78, 5) is 22.8. The van der Waals surface area contributed by atoms with Crippen LogP contribution in [-0.4, -0.2) is 32.3 Å². The molecule has 1 amide bonds. The van der Waals surface area contributed by atoms with E-state index in [1.165, 1.54) is 13.8 Å². The Labute approximate surface area is 106 Å². The van der Waals surface area contributed by atoms with Crippen LogP contribution in [-0.2, 0) is 11.8 Å². The highest BCUT2D eigenvalue weighted by Crippen LogP contribution is 2.15. The van der Waals surface area contributed by atoms with Gasteiger partial charge in [-0.05, 0) is 25.8 Å². The van der Waals surface area contributed by atoms with Gasteiger partial charge in [-0.3, -0.25) is 9.48 Å². The lowest BCUT2D eigenvalue weighted by molar-refractivity contribution is -0.143. The highest BCUT2D eigenvalue weighted by molar-refractivity contribution is 5.96. The highest BCUT2D eigenvalue weighted by Gasteiger charge is 2.30. The van der Waals surface area contributed by atoms with Crippen LogP contribution in [0.3, 0.4) is 0 Å². The number of aliphatic carboxylic acids is 1. The molecule has 0 bridgehead atoms. The molecule has 1 rings (SSSR count). The molecule has 0 spiro atoms. The van der Waals surface area contributed by atoms with E-state index in [0.29, 0.717) is 0 Å². The second kappa shape index (κ2) is 4.80. The molecule has 0 saturated carbocycles. The summed E-state index contributed by atoms with van der Waals surface area (Å²) in [6, 6.07) is 1.68. The molecule has 6 heteroatoms. The maximum absolute atomic E-state index is 11.9. The zero-order valence-electron chi connectivity index (χ0n) is 11.3. The Balaban J connectivity index is 2.92. The number of carbonyl (C=O) groups excluding carboxylic acids is 1. The summed E-state index contributed by atoms with van der Waals surface area (Å²) >= 11 is 0. The largest absolute Gasteiger partial charge is 0.480 e. The molecule has 1 aromatic rings. The SMILES string of the molecule is CC(C)c1cc(C(=O)NC(C)(C)C(=O)O)nn1C. The molecule has 0 fully saturated rings. The van der Waals surface area contributed by atoms with Gasteiger partial charge in [-0.15, -0.1) is 0 Å². The molecule has 0 aliphatic carbocycles. The first kappa shape index (κ1) is 14.2. The predicted molar refractivity (Wildman–Crippen MR) is 66.5 cm³/mol. The zero-order chi connectivity index (χ0) is 14.1. The Kier molecular flexibility index (Phi) is 3.79. The number of nitrogens with zero attached hydrogens (tertiary/aromatic N) is 2. The fourth-order valence-electron chi connectivity index (χ4n) is 1.53. The van der Waals surface area contributed by atoms with Crippen LogP contribution in [0.25, 0.3) is 0 Å². The summed E-state index contributed by atoms with van der Waals surface area (Å²) in [6.07, 6.45) is 0. The quantitative estimate of drug-likeness (QED) is 0.842. The van der Waals surface area contributed by atoms with Gasteiger partial charge in [0.15, 0.2) is 0 Å². The van der Waals surface area contributed by atoms with Crippen LogP contribution in [0.1, 0.15) is 49.8 Å². The Morgan fingerprint density at radius 1 is 1.44 bits per heavy atom. The summed E-state index contributed by atoms with van der Waals surface area (Å²) in [5.41, 5.74) is -0.157. The number of carbonyl (C=O) groups is 2. The van der Waals surface area contributed by atoms with Crippen molar-refractivity contribution in [1.29, 1.82) is 0 Å². The monoisotopic (exact) mass is 253 g/mol. The van der Waals surface area contributed by atoms with E-state index in [1.54, 1.807) is 17.8 Å². The van der Waals surface area contributed by atoms with E-state index >= 15 is 0 Å². The van der Waals surface area contributed by atoms with Crippen LogP contribution in [0, 0.1) is 0 Å². The van der Waals surface area contributed by atoms with Crippen LogP contribution in [0.5, 0.6) is 0 Å². The molecule has 6 nitrogen and oxygen atoms in total.